The highest BCUT2D eigenvalue weighted by atomic mass is 16.4. The van der Waals surface area contributed by atoms with Gasteiger partial charge in [0.05, 0.1) is 23.6 Å². The molecule has 1 amide bonds. The van der Waals surface area contributed by atoms with Gasteiger partial charge in [-0.15, -0.1) is 0 Å². The number of nitrogens with two attached hydrogens (primary N) is 1. The van der Waals surface area contributed by atoms with Crippen molar-refractivity contribution in [2.24, 2.45) is 17.6 Å². The third kappa shape index (κ3) is 3.12. The maximum atomic E-state index is 13.9. The maximum Gasteiger partial charge on any atom is 0.255 e. The van der Waals surface area contributed by atoms with Crippen LogP contribution in [-0.4, -0.2) is 79.7 Å². The zero-order valence-corrected chi connectivity index (χ0v) is 20.7. The second kappa shape index (κ2) is 8.27. The van der Waals surface area contributed by atoms with Crippen molar-refractivity contribution in [1.29, 1.82) is 0 Å². The Hall–Kier alpha value is -3.47. The van der Waals surface area contributed by atoms with Gasteiger partial charge < -0.3 is 31.3 Å². The number of aliphatic hydroxyl groups excluding tert-OH is 3. The predicted octanol–water partition coefficient (Wildman–Crippen LogP) is 1.09. The van der Waals surface area contributed by atoms with Crippen LogP contribution in [0.2, 0.25) is 0 Å². The molecule has 10 heteroatoms. The average Bonchev–Trinajstić information content (AvgIpc) is 3.35. The fraction of sp³-hybridized carbons (Fsp3) is 0.444. The molecule has 1 aromatic rings. The van der Waals surface area contributed by atoms with Crippen molar-refractivity contribution in [2.75, 3.05) is 14.1 Å². The van der Waals surface area contributed by atoms with Crippen molar-refractivity contribution >= 4 is 17.5 Å². The largest absolute Gasteiger partial charge is 0.510 e. The number of amides is 1. The number of hydrogen-bond donors (Lipinski definition) is 6. The van der Waals surface area contributed by atoms with Crippen molar-refractivity contribution in [3.05, 3.63) is 63.6 Å². The normalized spacial score (nSPS) is 35.1. The van der Waals surface area contributed by atoms with Gasteiger partial charge in [-0.2, -0.15) is 0 Å². The fourth-order valence-corrected chi connectivity index (χ4v) is 6.83. The van der Waals surface area contributed by atoms with Crippen LogP contribution in [0.1, 0.15) is 53.1 Å². The summed E-state index contributed by atoms with van der Waals surface area (Å²) in [7, 11) is 3.00. The lowest BCUT2D eigenvalue weighted by Crippen LogP contribution is -2.68. The molecule has 5 unspecified atom stereocenters. The van der Waals surface area contributed by atoms with Crippen molar-refractivity contribution in [3.63, 3.8) is 0 Å². The Morgan fingerprint density at radius 1 is 1.14 bits per heavy atom. The van der Waals surface area contributed by atoms with Crippen molar-refractivity contribution in [2.45, 2.75) is 49.3 Å². The number of Topliss-reactive ketones (excluding diaryl/α,β-unsaturated/α-hetero) is 2. The molecule has 0 aliphatic heterocycles. The molecule has 4 aliphatic rings. The lowest BCUT2D eigenvalue weighted by atomic mass is 9.55. The number of aliphatic hydroxyl groups is 4. The quantitative estimate of drug-likeness (QED) is 0.256. The lowest BCUT2D eigenvalue weighted by molar-refractivity contribution is -0.162. The number of fused-ring (bicyclic) bond motifs is 3. The minimum atomic E-state index is -2.91. The first-order valence-corrected chi connectivity index (χ1v) is 12.2. The topological polar surface area (TPSA) is 182 Å². The van der Waals surface area contributed by atoms with Gasteiger partial charge in [-0.3, -0.25) is 19.3 Å². The van der Waals surface area contributed by atoms with E-state index >= 15 is 0 Å². The maximum absolute atomic E-state index is 13.9. The highest BCUT2D eigenvalue weighted by Gasteiger charge is 2.67. The van der Waals surface area contributed by atoms with Gasteiger partial charge in [0.1, 0.15) is 22.8 Å². The predicted molar refractivity (Wildman–Crippen MR) is 131 cm³/mol. The summed E-state index contributed by atoms with van der Waals surface area (Å²) in [6, 6.07) is 2.19. The average molecular weight is 511 g/mol. The van der Waals surface area contributed by atoms with Gasteiger partial charge in [0, 0.05) is 23.0 Å². The number of benzene rings is 1. The Labute approximate surface area is 213 Å². The highest BCUT2D eigenvalue weighted by molar-refractivity contribution is 6.25. The monoisotopic (exact) mass is 510 g/mol. The van der Waals surface area contributed by atoms with Gasteiger partial charge in [0.25, 0.3) is 5.91 Å². The van der Waals surface area contributed by atoms with Gasteiger partial charge in [-0.1, -0.05) is 31.2 Å². The molecule has 0 radical (unpaired) electrons. The smallest absolute Gasteiger partial charge is 0.255 e. The van der Waals surface area contributed by atoms with E-state index in [0.29, 0.717) is 11.1 Å². The molecule has 0 fully saturated rings. The van der Waals surface area contributed by atoms with Crippen LogP contribution in [0, 0.1) is 11.8 Å². The zero-order valence-electron chi connectivity index (χ0n) is 20.7. The Morgan fingerprint density at radius 3 is 2.35 bits per heavy atom. The van der Waals surface area contributed by atoms with E-state index in [2.05, 4.69) is 0 Å². The van der Waals surface area contributed by atoms with Crippen LogP contribution in [0.3, 0.4) is 0 Å². The van der Waals surface area contributed by atoms with Gasteiger partial charge in [0.15, 0.2) is 11.4 Å². The van der Waals surface area contributed by atoms with Gasteiger partial charge in [0.2, 0.25) is 5.78 Å². The van der Waals surface area contributed by atoms with E-state index in [1.165, 1.54) is 19.0 Å². The number of carbonyl (C=O) groups is 3. The Bertz CT molecular complexity index is 1340. The van der Waals surface area contributed by atoms with E-state index in [1.807, 2.05) is 12.2 Å². The fourth-order valence-electron chi connectivity index (χ4n) is 6.83. The number of aromatic hydroxyl groups is 1. The molecule has 7 N–H and O–H groups in total. The molecular formula is C27H30N2O8. The van der Waals surface area contributed by atoms with Crippen LogP contribution in [0.5, 0.6) is 5.75 Å². The number of allylic oxidation sites excluding steroid dienone is 2. The molecule has 1 aromatic carbocycles. The van der Waals surface area contributed by atoms with Crippen molar-refractivity contribution in [3.8, 4) is 5.75 Å². The number of likely N-dealkylation sites (N-methyl/N-ethyl adjacent to an activating group) is 1. The molecule has 196 valence electrons. The number of ketones is 2. The first-order chi connectivity index (χ1) is 17.3. The summed E-state index contributed by atoms with van der Waals surface area (Å²) in [6.07, 6.45) is 3.93. The molecule has 5 rings (SSSR count). The number of carbonyl (C=O) groups excluding carboxylic acids is 3. The molecule has 4 aliphatic carbocycles. The molecule has 0 heterocycles. The molecule has 0 saturated carbocycles. The van der Waals surface area contributed by atoms with Crippen molar-refractivity contribution in [1.82, 2.24) is 4.90 Å². The van der Waals surface area contributed by atoms with Gasteiger partial charge in [-0.25, -0.2) is 0 Å². The van der Waals surface area contributed by atoms with E-state index in [1.54, 1.807) is 19.1 Å². The van der Waals surface area contributed by atoms with Gasteiger partial charge >= 0.3 is 0 Å². The summed E-state index contributed by atoms with van der Waals surface area (Å²) in [4.78, 5) is 40.8. The second-order valence-electron chi connectivity index (χ2n) is 10.6. The number of hydrogen-bond acceptors (Lipinski definition) is 9. The lowest BCUT2D eigenvalue weighted by Gasteiger charge is -2.53. The van der Waals surface area contributed by atoms with E-state index in [-0.39, 0.29) is 17.2 Å². The molecule has 0 aromatic heterocycles. The molecule has 0 spiro atoms. The van der Waals surface area contributed by atoms with Crippen LogP contribution in [-0.2, 0) is 9.59 Å². The third-order valence-electron chi connectivity index (χ3n) is 8.57. The Morgan fingerprint density at radius 2 is 1.78 bits per heavy atom. The summed E-state index contributed by atoms with van der Waals surface area (Å²) in [5, 5.41) is 56.8. The van der Waals surface area contributed by atoms with Crippen LogP contribution in [0.15, 0.2) is 46.9 Å². The SMILES string of the molecule is CC1c2ccc(C3C=CCC3)c(O)c2C(=O)C2=C(O)[C@]3(O)C(=O)C(C(N)=O)=C(O)[C@@H](N(C)C)C3C(O)C21. The molecule has 10 nitrogen and oxygen atoms in total. The summed E-state index contributed by atoms with van der Waals surface area (Å²) in [5.41, 5.74) is 2.06. The molecule has 0 saturated heterocycles. The standard InChI is InChI=1S/C27H30N2O8/c1-10-12-8-9-13(11-6-4-5-7-11)20(30)15(12)21(31)16-14(10)22(32)18-19(29(2)3)23(33)17(26(28)36)25(35)27(18,37)24(16)34/h4,6,8-11,14,18-19,22,30,32-34,37H,5,7H2,1-3H3,(H2,28,36)/t10?,11?,14?,18?,19-,22?,27-/m0/s1. The van der Waals surface area contributed by atoms with Crippen molar-refractivity contribution < 1.29 is 39.9 Å². The van der Waals surface area contributed by atoms with E-state index in [9.17, 15) is 39.9 Å². The Balaban J connectivity index is 1.76. The minimum Gasteiger partial charge on any atom is -0.510 e. The zero-order chi connectivity index (χ0) is 27.1. The number of nitrogens with zero attached hydrogens (tertiary/aromatic N) is 1. The number of rotatable bonds is 3. The molecule has 37 heavy (non-hydrogen) atoms. The second-order valence-corrected chi connectivity index (χ2v) is 10.6. The van der Waals surface area contributed by atoms with Crippen LogP contribution in [0.25, 0.3) is 0 Å². The van der Waals surface area contributed by atoms with E-state index < -0.39 is 75.6 Å². The summed E-state index contributed by atoms with van der Waals surface area (Å²) >= 11 is 0. The van der Waals surface area contributed by atoms with E-state index in [0.717, 1.165) is 12.8 Å². The first kappa shape index (κ1) is 25.2. The van der Waals surface area contributed by atoms with Crippen LogP contribution in [0.4, 0.5) is 0 Å². The summed E-state index contributed by atoms with van der Waals surface area (Å²) in [5.74, 6) is -8.84. The first-order valence-electron chi connectivity index (χ1n) is 12.2. The number of primary amides is 1. The summed E-state index contributed by atoms with van der Waals surface area (Å²) < 4.78 is 0. The molecular weight excluding hydrogens is 480 g/mol. The summed E-state index contributed by atoms with van der Waals surface area (Å²) in [6.45, 7) is 1.71. The third-order valence-corrected chi connectivity index (χ3v) is 8.57. The highest BCUT2D eigenvalue weighted by Crippen LogP contribution is 2.56. The minimum absolute atomic E-state index is 0.0571. The molecule has 7 atom stereocenters. The van der Waals surface area contributed by atoms with E-state index in [4.69, 9.17) is 5.73 Å². The number of phenols is 1. The number of phenolic OH excluding ortho intramolecular Hbond substituents is 1. The Kier molecular flexibility index (Phi) is 5.63. The van der Waals surface area contributed by atoms with Crippen LogP contribution < -0.4 is 5.73 Å². The van der Waals surface area contributed by atoms with Crippen LogP contribution >= 0.6 is 0 Å². The molecule has 0 bridgehead atoms. The van der Waals surface area contributed by atoms with Gasteiger partial charge in [-0.05, 0) is 38.4 Å².